The Hall–Kier alpha value is -1.31. The van der Waals surface area contributed by atoms with Gasteiger partial charge in [0.25, 0.3) is 0 Å². The van der Waals surface area contributed by atoms with Crippen LogP contribution in [0.2, 0.25) is 0 Å². The van der Waals surface area contributed by atoms with E-state index in [9.17, 15) is 0 Å². The molecule has 0 aromatic carbocycles. The molecule has 0 unspecified atom stereocenters. The molecule has 0 fully saturated rings. The van der Waals surface area contributed by atoms with Gasteiger partial charge >= 0.3 is 0 Å². The van der Waals surface area contributed by atoms with Crippen molar-refractivity contribution in [2.75, 3.05) is 11.4 Å². The molecule has 0 N–H and O–H groups in total. The standard InChI is InChI=1S/C9H9N2/c1-2-7-11(6-1)9-4-3-5-10-8-9/h1,4-6,8H,2,7H2. The highest BCUT2D eigenvalue weighted by atomic mass is 15.1. The first-order valence-corrected chi connectivity index (χ1v) is 3.71. The molecule has 1 radical (unpaired) electrons. The minimum Gasteiger partial charge on any atom is -0.347 e. The summed E-state index contributed by atoms with van der Waals surface area (Å²) in [5, 5.41) is 0. The van der Waals surface area contributed by atoms with Crippen LogP contribution in [-0.2, 0) is 0 Å². The average molecular weight is 145 g/mol. The lowest BCUT2D eigenvalue weighted by molar-refractivity contribution is 0.993. The van der Waals surface area contributed by atoms with Gasteiger partial charge in [-0.15, -0.1) is 0 Å². The van der Waals surface area contributed by atoms with Crippen LogP contribution in [0.15, 0.2) is 30.7 Å². The van der Waals surface area contributed by atoms with Crippen molar-refractivity contribution in [2.24, 2.45) is 0 Å². The normalized spacial score (nSPS) is 15.8. The molecule has 0 bridgehead atoms. The Morgan fingerprint density at radius 2 is 2.55 bits per heavy atom. The lowest BCUT2D eigenvalue weighted by Gasteiger charge is -2.13. The van der Waals surface area contributed by atoms with E-state index in [0.717, 1.165) is 18.7 Å². The predicted octanol–water partition coefficient (Wildman–Crippen LogP) is 1.61. The fourth-order valence-corrected chi connectivity index (χ4v) is 1.18. The van der Waals surface area contributed by atoms with Crippen molar-refractivity contribution >= 4 is 5.69 Å². The van der Waals surface area contributed by atoms with Crippen molar-refractivity contribution in [2.45, 2.75) is 6.42 Å². The summed E-state index contributed by atoms with van der Waals surface area (Å²) in [6.07, 6.45) is 8.90. The van der Waals surface area contributed by atoms with Gasteiger partial charge in [0.2, 0.25) is 0 Å². The summed E-state index contributed by atoms with van der Waals surface area (Å²) >= 11 is 0. The van der Waals surface area contributed by atoms with Gasteiger partial charge in [0.05, 0.1) is 11.9 Å². The predicted molar refractivity (Wildman–Crippen MR) is 44.2 cm³/mol. The fraction of sp³-hybridized carbons (Fsp3) is 0.222. The van der Waals surface area contributed by atoms with E-state index in [-0.39, 0.29) is 0 Å². The highest BCUT2D eigenvalue weighted by molar-refractivity contribution is 5.47. The van der Waals surface area contributed by atoms with E-state index >= 15 is 0 Å². The summed E-state index contributed by atoms with van der Waals surface area (Å²) in [6.45, 7) is 1.07. The van der Waals surface area contributed by atoms with E-state index in [4.69, 9.17) is 0 Å². The van der Waals surface area contributed by atoms with Gasteiger partial charge in [0, 0.05) is 25.0 Å². The van der Waals surface area contributed by atoms with Gasteiger partial charge in [-0.1, -0.05) is 6.08 Å². The molecular formula is C9H9N2. The van der Waals surface area contributed by atoms with Crippen LogP contribution in [-0.4, -0.2) is 11.5 Å². The molecular weight excluding hydrogens is 136 g/mol. The van der Waals surface area contributed by atoms with Crippen LogP contribution in [0.4, 0.5) is 5.69 Å². The van der Waals surface area contributed by atoms with Gasteiger partial charge < -0.3 is 4.90 Å². The molecule has 0 aliphatic carbocycles. The third-order valence-corrected chi connectivity index (χ3v) is 1.74. The molecule has 0 spiro atoms. The van der Waals surface area contributed by atoms with Gasteiger partial charge in [-0.3, -0.25) is 4.98 Å². The third-order valence-electron chi connectivity index (χ3n) is 1.74. The smallest absolute Gasteiger partial charge is 0.0598 e. The zero-order valence-corrected chi connectivity index (χ0v) is 6.20. The Morgan fingerprint density at radius 1 is 1.55 bits per heavy atom. The zero-order valence-electron chi connectivity index (χ0n) is 6.20. The van der Waals surface area contributed by atoms with Crippen LogP contribution in [0.5, 0.6) is 0 Å². The SMILES string of the molecule is [c]1cncc(N2C=CCC2)c1. The lowest BCUT2D eigenvalue weighted by atomic mass is 10.4. The monoisotopic (exact) mass is 145 g/mol. The van der Waals surface area contributed by atoms with E-state index in [2.05, 4.69) is 28.2 Å². The largest absolute Gasteiger partial charge is 0.347 e. The Kier molecular flexibility index (Phi) is 1.60. The molecule has 0 saturated heterocycles. The fourth-order valence-electron chi connectivity index (χ4n) is 1.18. The lowest BCUT2D eigenvalue weighted by Crippen LogP contribution is -2.11. The summed E-state index contributed by atoms with van der Waals surface area (Å²) in [5.41, 5.74) is 1.13. The van der Waals surface area contributed by atoms with Crippen molar-refractivity contribution in [3.8, 4) is 0 Å². The molecule has 1 aliphatic heterocycles. The topological polar surface area (TPSA) is 16.1 Å². The summed E-state index contributed by atoms with van der Waals surface area (Å²) in [6, 6.07) is 4.90. The minimum absolute atomic E-state index is 1.07. The summed E-state index contributed by atoms with van der Waals surface area (Å²) in [4.78, 5) is 6.17. The maximum absolute atomic E-state index is 4.00. The Bertz CT molecular complexity index is 254. The second-order valence-electron chi connectivity index (χ2n) is 2.51. The molecule has 1 aliphatic rings. The average Bonchev–Trinajstić information content (AvgIpc) is 2.58. The Morgan fingerprint density at radius 3 is 3.18 bits per heavy atom. The quantitative estimate of drug-likeness (QED) is 0.596. The van der Waals surface area contributed by atoms with Crippen molar-refractivity contribution in [1.29, 1.82) is 0 Å². The van der Waals surface area contributed by atoms with E-state index < -0.39 is 0 Å². The first-order chi connectivity index (χ1) is 5.47. The van der Waals surface area contributed by atoms with Crippen LogP contribution in [0, 0.1) is 6.07 Å². The van der Waals surface area contributed by atoms with Gasteiger partial charge in [0.1, 0.15) is 0 Å². The molecule has 2 rings (SSSR count). The van der Waals surface area contributed by atoms with Crippen molar-refractivity contribution in [3.05, 3.63) is 36.8 Å². The van der Waals surface area contributed by atoms with Gasteiger partial charge in [-0.05, 0) is 12.5 Å². The maximum Gasteiger partial charge on any atom is 0.0598 e. The van der Waals surface area contributed by atoms with E-state index in [1.165, 1.54) is 0 Å². The van der Waals surface area contributed by atoms with Gasteiger partial charge in [-0.25, -0.2) is 0 Å². The van der Waals surface area contributed by atoms with Crippen LogP contribution in [0.3, 0.4) is 0 Å². The number of rotatable bonds is 1. The molecule has 0 amide bonds. The molecule has 2 heterocycles. The third kappa shape index (κ3) is 1.24. The van der Waals surface area contributed by atoms with Crippen molar-refractivity contribution < 1.29 is 0 Å². The van der Waals surface area contributed by atoms with Crippen LogP contribution in [0.25, 0.3) is 0 Å². The van der Waals surface area contributed by atoms with E-state index in [1.807, 2.05) is 12.3 Å². The number of hydrogen-bond donors (Lipinski definition) is 0. The molecule has 1 aromatic heterocycles. The second-order valence-corrected chi connectivity index (χ2v) is 2.51. The molecule has 0 atom stereocenters. The first-order valence-electron chi connectivity index (χ1n) is 3.71. The molecule has 2 nitrogen and oxygen atoms in total. The molecule has 1 aromatic rings. The highest BCUT2D eigenvalue weighted by Gasteiger charge is 2.05. The second kappa shape index (κ2) is 2.74. The number of pyridine rings is 1. The van der Waals surface area contributed by atoms with Gasteiger partial charge in [-0.2, -0.15) is 0 Å². The first kappa shape index (κ1) is 6.40. The van der Waals surface area contributed by atoms with Crippen LogP contribution in [0.1, 0.15) is 6.42 Å². The Balaban J connectivity index is 2.23. The number of aromatic nitrogens is 1. The van der Waals surface area contributed by atoms with E-state index in [1.54, 1.807) is 6.20 Å². The van der Waals surface area contributed by atoms with Crippen LogP contribution < -0.4 is 4.90 Å². The molecule has 55 valence electrons. The number of nitrogens with zero attached hydrogens (tertiary/aromatic N) is 2. The van der Waals surface area contributed by atoms with Crippen LogP contribution >= 0.6 is 0 Å². The number of anilines is 1. The highest BCUT2D eigenvalue weighted by Crippen LogP contribution is 2.15. The maximum atomic E-state index is 4.00. The molecule has 0 saturated carbocycles. The molecule has 2 heteroatoms. The number of hydrogen-bond acceptors (Lipinski definition) is 2. The minimum atomic E-state index is 1.07. The molecule has 11 heavy (non-hydrogen) atoms. The zero-order chi connectivity index (χ0) is 7.52. The van der Waals surface area contributed by atoms with Gasteiger partial charge in [0.15, 0.2) is 0 Å². The summed E-state index contributed by atoms with van der Waals surface area (Å²) in [7, 11) is 0. The summed E-state index contributed by atoms with van der Waals surface area (Å²) < 4.78 is 0. The van der Waals surface area contributed by atoms with E-state index in [0.29, 0.717) is 0 Å². The van der Waals surface area contributed by atoms with Crippen molar-refractivity contribution in [3.63, 3.8) is 0 Å². The van der Waals surface area contributed by atoms with Crippen molar-refractivity contribution in [1.82, 2.24) is 4.98 Å². The Labute approximate surface area is 66.2 Å². The summed E-state index contributed by atoms with van der Waals surface area (Å²) in [5.74, 6) is 0.